The van der Waals surface area contributed by atoms with Crippen molar-refractivity contribution in [2.24, 2.45) is 0 Å². The standard InChI is InChI=1S/C23H25N9/c1-16(18-13-27-23-25-6-7-32(23)15-18)20-14-26-22(28-17(20)2)29-19-4-5-24-21(12-19)31-10-8-30(3)9-11-31/h4-7,12-15H,1,8-11H2,2-3H3,(H,24,26,28,29). The number of hydrogen-bond acceptors (Lipinski definition) is 8. The van der Waals surface area contributed by atoms with Gasteiger partial charge in [0.15, 0.2) is 0 Å². The Kier molecular flexibility index (Phi) is 5.24. The minimum atomic E-state index is 0.540. The van der Waals surface area contributed by atoms with Gasteiger partial charge in [-0.15, -0.1) is 0 Å². The number of likely N-dealkylation sites (N-methyl/N-ethyl adjacent to an activating group) is 1. The Balaban J connectivity index is 1.33. The molecule has 0 aromatic carbocycles. The van der Waals surface area contributed by atoms with Gasteiger partial charge in [-0.1, -0.05) is 6.58 Å². The second-order valence-corrected chi connectivity index (χ2v) is 7.97. The van der Waals surface area contributed by atoms with E-state index in [4.69, 9.17) is 0 Å². The van der Waals surface area contributed by atoms with Gasteiger partial charge in [-0.05, 0) is 25.6 Å². The maximum absolute atomic E-state index is 4.66. The van der Waals surface area contributed by atoms with Gasteiger partial charge in [0.25, 0.3) is 0 Å². The molecule has 0 amide bonds. The molecule has 0 radical (unpaired) electrons. The molecule has 162 valence electrons. The topological polar surface area (TPSA) is 87.4 Å². The molecule has 1 N–H and O–H groups in total. The number of fused-ring (bicyclic) bond motifs is 1. The Morgan fingerprint density at radius 3 is 2.69 bits per heavy atom. The first kappa shape index (κ1) is 20.1. The number of pyridine rings is 1. The highest BCUT2D eigenvalue weighted by Gasteiger charge is 2.16. The summed E-state index contributed by atoms with van der Waals surface area (Å²) in [7, 11) is 2.15. The van der Waals surface area contributed by atoms with Gasteiger partial charge >= 0.3 is 0 Å². The number of aryl methyl sites for hydroxylation is 1. The van der Waals surface area contributed by atoms with Gasteiger partial charge in [-0.25, -0.2) is 24.9 Å². The van der Waals surface area contributed by atoms with Crippen molar-refractivity contribution < 1.29 is 0 Å². The van der Waals surface area contributed by atoms with Gasteiger partial charge in [0.2, 0.25) is 11.7 Å². The second-order valence-electron chi connectivity index (χ2n) is 7.97. The molecular formula is C23H25N9. The fourth-order valence-corrected chi connectivity index (χ4v) is 3.79. The zero-order valence-corrected chi connectivity index (χ0v) is 18.2. The third kappa shape index (κ3) is 4.02. The lowest BCUT2D eigenvalue weighted by molar-refractivity contribution is 0.312. The van der Waals surface area contributed by atoms with Crippen molar-refractivity contribution in [3.8, 4) is 0 Å². The Morgan fingerprint density at radius 1 is 1.03 bits per heavy atom. The number of nitrogens with one attached hydrogen (secondary N) is 1. The summed E-state index contributed by atoms with van der Waals surface area (Å²) in [6.45, 7) is 10.2. The average molecular weight is 428 g/mol. The van der Waals surface area contributed by atoms with Crippen LogP contribution in [-0.2, 0) is 0 Å². The summed E-state index contributed by atoms with van der Waals surface area (Å²) < 4.78 is 1.87. The minimum Gasteiger partial charge on any atom is -0.354 e. The van der Waals surface area contributed by atoms with Crippen LogP contribution in [0.5, 0.6) is 0 Å². The number of anilines is 3. The van der Waals surface area contributed by atoms with Crippen molar-refractivity contribution in [1.29, 1.82) is 0 Å². The highest BCUT2D eigenvalue weighted by atomic mass is 15.3. The van der Waals surface area contributed by atoms with Crippen LogP contribution < -0.4 is 10.2 Å². The summed E-state index contributed by atoms with van der Waals surface area (Å²) in [6.07, 6.45) is 10.9. The molecule has 9 nitrogen and oxygen atoms in total. The lowest BCUT2D eigenvalue weighted by atomic mass is 10.0. The number of aromatic nitrogens is 6. The first-order valence-corrected chi connectivity index (χ1v) is 10.6. The van der Waals surface area contributed by atoms with Crippen LogP contribution >= 0.6 is 0 Å². The zero-order valence-electron chi connectivity index (χ0n) is 18.2. The van der Waals surface area contributed by atoms with Crippen molar-refractivity contribution in [2.45, 2.75) is 6.92 Å². The second kappa shape index (κ2) is 8.35. The Hall–Kier alpha value is -3.85. The normalized spacial score (nSPS) is 14.6. The molecule has 0 atom stereocenters. The Morgan fingerprint density at radius 2 is 1.88 bits per heavy atom. The number of rotatable bonds is 5. The van der Waals surface area contributed by atoms with Crippen LogP contribution in [0.15, 0.2) is 55.9 Å². The predicted molar refractivity (Wildman–Crippen MR) is 125 cm³/mol. The number of imidazole rings is 1. The van der Waals surface area contributed by atoms with E-state index >= 15 is 0 Å². The molecule has 1 fully saturated rings. The lowest BCUT2D eigenvalue weighted by Gasteiger charge is -2.33. The van der Waals surface area contributed by atoms with Crippen molar-refractivity contribution in [3.05, 3.63) is 72.7 Å². The Bertz CT molecular complexity index is 1270. The van der Waals surface area contributed by atoms with Crippen molar-refractivity contribution in [2.75, 3.05) is 43.4 Å². The van der Waals surface area contributed by atoms with Crippen LogP contribution in [0.1, 0.15) is 16.8 Å². The molecule has 0 unspecified atom stereocenters. The molecule has 5 heterocycles. The van der Waals surface area contributed by atoms with Gasteiger partial charge in [-0.3, -0.25) is 4.40 Å². The van der Waals surface area contributed by atoms with E-state index in [9.17, 15) is 0 Å². The van der Waals surface area contributed by atoms with E-state index < -0.39 is 0 Å². The number of nitrogens with zero attached hydrogens (tertiary/aromatic N) is 8. The summed E-state index contributed by atoms with van der Waals surface area (Å²) in [6, 6.07) is 3.97. The van der Waals surface area contributed by atoms with E-state index in [-0.39, 0.29) is 0 Å². The van der Waals surface area contributed by atoms with Crippen LogP contribution in [0, 0.1) is 6.92 Å². The molecule has 32 heavy (non-hydrogen) atoms. The molecule has 1 saturated heterocycles. The molecule has 0 spiro atoms. The first-order valence-electron chi connectivity index (χ1n) is 10.6. The summed E-state index contributed by atoms with van der Waals surface area (Å²) in [4.78, 5) is 26.9. The first-order chi connectivity index (χ1) is 15.6. The van der Waals surface area contributed by atoms with Crippen LogP contribution in [0.25, 0.3) is 11.4 Å². The highest BCUT2D eigenvalue weighted by molar-refractivity contribution is 5.78. The molecule has 0 saturated carbocycles. The molecule has 9 heteroatoms. The monoisotopic (exact) mass is 427 g/mol. The molecule has 4 aromatic rings. The third-order valence-electron chi connectivity index (χ3n) is 5.73. The van der Waals surface area contributed by atoms with Crippen LogP contribution in [0.4, 0.5) is 17.5 Å². The van der Waals surface area contributed by atoms with Crippen LogP contribution in [0.2, 0.25) is 0 Å². The van der Waals surface area contributed by atoms with Gasteiger partial charge in [0.1, 0.15) is 5.82 Å². The largest absolute Gasteiger partial charge is 0.354 e. The van der Waals surface area contributed by atoms with Gasteiger partial charge in [0.05, 0.1) is 5.69 Å². The molecule has 0 bridgehead atoms. The van der Waals surface area contributed by atoms with E-state index in [2.05, 4.69) is 53.7 Å². The summed E-state index contributed by atoms with van der Waals surface area (Å²) in [5, 5.41) is 3.31. The lowest BCUT2D eigenvalue weighted by Crippen LogP contribution is -2.44. The molecule has 1 aliphatic rings. The Labute approximate surface area is 186 Å². The van der Waals surface area contributed by atoms with Crippen molar-refractivity contribution in [3.63, 3.8) is 0 Å². The SMILES string of the molecule is C=C(c1cnc2nccn2c1)c1cnc(Nc2ccnc(N3CCN(C)CC3)c2)nc1C. The zero-order chi connectivity index (χ0) is 22.1. The van der Waals surface area contributed by atoms with Crippen molar-refractivity contribution >= 4 is 28.8 Å². The van der Waals surface area contributed by atoms with Gasteiger partial charge in [-0.2, -0.15) is 0 Å². The predicted octanol–water partition coefficient (Wildman–Crippen LogP) is 2.78. The fourth-order valence-electron chi connectivity index (χ4n) is 3.79. The summed E-state index contributed by atoms with van der Waals surface area (Å²) >= 11 is 0. The third-order valence-corrected chi connectivity index (χ3v) is 5.73. The molecule has 1 aliphatic heterocycles. The van der Waals surface area contributed by atoms with Gasteiger partial charge in [0, 0.05) is 86.2 Å². The summed E-state index contributed by atoms with van der Waals surface area (Å²) in [5.74, 6) is 2.16. The molecular weight excluding hydrogens is 402 g/mol. The fraction of sp³-hybridized carbons (Fsp3) is 0.261. The quantitative estimate of drug-likeness (QED) is 0.520. The number of piperazine rings is 1. The molecule has 4 aromatic heterocycles. The smallest absolute Gasteiger partial charge is 0.233 e. The van der Waals surface area contributed by atoms with E-state index in [0.29, 0.717) is 11.7 Å². The number of hydrogen-bond donors (Lipinski definition) is 1. The van der Waals surface area contributed by atoms with E-state index in [1.165, 1.54) is 0 Å². The van der Waals surface area contributed by atoms with Gasteiger partial charge < -0.3 is 15.1 Å². The van der Waals surface area contributed by atoms with Crippen molar-refractivity contribution in [1.82, 2.24) is 34.2 Å². The summed E-state index contributed by atoms with van der Waals surface area (Å²) in [5.41, 5.74) is 4.35. The van der Waals surface area contributed by atoms with Crippen LogP contribution in [0.3, 0.4) is 0 Å². The maximum atomic E-state index is 4.66. The van der Waals surface area contributed by atoms with Crippen LogP contribution in [-0.4, -0.2) is 67.4 Å². The van der Waals surface area contributed by atoms with E-state index in [1.807, 2.05) is 42.0 Å². The van der Waals surface area contributed by atoms with E-state index in [1.54, 1.807) is 18.6 Å². The molecule has 5 rings (SSSR count). The van der Waals surface area contributed by atoms with E-state index in [0.717, 1.165) is 60.1 Å². The molecule has 0 aliphatic carbocycles. The maximum Gasteiger partial charge on any atom is 0.233 e. The highest BCUT2D eigenvalue weighted by Crippen LogP contribution is 2.25. The minimum absolute atomic E-state index is 0.540. The average Bonchev–Trinajstić information content (AvgIpc) is 3.27.